The molecule has 2 amide bonds. The van der Waals surface area contributed by atoms with Gasteiger partial charge < -0.3 is 10.6 Å². The van der Waals surface area contributed by atoms with Crippen molar-refractivity contribution in [3.05, 3.63) is 80.8 Å². The van der Waals surface area contributed by atoms with Crippen LogP contribution in [0.3, 0.4) is 0 Å². The Morgan fingerprint density at radius 1 is 1.09 bits per heavy atom. The predicted molar refractivity (Wildman–Crippen MR) is 109 cm³/mol. The van der Waals surface area contributed by atoms with Crippen LogP contribution in [0.25, 0.3) is 0 Å². The Morgan fingerprint density at radius 3 is 2.53 bits per heavy atom. The number of nitrogens with zero attached hydrogens (tertiary/aromatic N) is 1. The lowest BCUT2D eigenvalue weighted by molar-refractivity contribution is -0.137. The van der Waals surface area contributed by atoms with Crippen molar-refractivity contribution in [2.45, 2.75) is 12.6 Å². The molecule has 2 N–H and O–H groups in total. The molecule has 0 saturated heterocycles. The molecule has 0 unspecified atom stereocenters. The second-order valence-electron chi connectivity index (χ2n) is 6.47. The zero-order chi connectivity index (χ0) is 23.5. The van der Waals surface area contributed by atoms with Gasteiger partial charge in [0.05, 0.1) is 17.7 Å². The quantitative estimate of drug-likeness (QED) is 0.476. The third-order valence-electron chi connectivity index (χ3n) is 4.12. The fourth-order valence-electron chi connectivity index (χ4n) is 2.61. The highest BCUT2D eigenvalue weighted by Crippen LogP contribution is 2.33. The van der Waals surface area contributed by atoms with E-state index in [0.29, 0.717) is 10.9 Å². The summed E-state index contributed by atoms with van der Waals surface area (Å²) in [6, 6.07) is 5.40. The molecular weight excluding hydrogens is 477 g/mol. The molecular formula is C20H13ClF5N3O2S. The first-order valence-corrected chi connectivity index (χ1v) is 10.1. The SMILES string of the molecule is O=C(CNC(=O)c1ccc(F)cc1F)Nc1ncc(Cc2cc(C(F)(F)F)ccc2Cl)s1. The largest absolute Gasteiger partial charge is 0.416 e. The number of aromatic nitrogens is 1. The van der Waals surface area contributed by atoms with E-state index in [1.807, 2.05) is 0 Å². The molecule has 5 nitrogen and oxygen atoms in total. The molecule has 12 heteroatoms. The molecule has 0 fully saturated rings. The van der Waals surface area contributed by atoms with Crippen molar-refractivity contribution >= 4 is 39.9 Å². The summed E-state index contributed by atoms with van der Waals surface area (Å²) in [6.07, 6.45) is -3.06. The van der Waals surface area contributed by atoms with E-state index in [1.54, 1.807) is 0 Å². The number of anilines is 1. The summed E-state index contributed by atoms with van der Waals surface area (Å²) in [5.41, 5.74) is -1.01. The summed E-state index contributed by atoms with van der Waals surface area (Å²) < 4.78 is 65.2. The van der Waals surface area contributed by atoms with E-state index in [1.165, 1.54) is 6.20 Å². The van der Waals surface area contributed by atoms with Crippen LogP contribution in [0.1, 0.15) is 26.4 Å². The van der Waals surface area contributed by atoms with E-state index in [0.717, 1.165) is 41.7 Å². The number of carbonyl (C=O) groups is 2. The van der Waals surface area contributed by atoms with E-state index in [2.05, 4.69) is 15.6 Å². The van der Waals surface area contributed by atoms with Crippen molar-refractivity contribution in [2.75, 3.05) is 11.9 Å². The minimum Gasteiger partial charge on any atom is -0.343 e. The van der Waals surface area contributed by atoms with Crippen molar-refractivity contribution in [3.8, 4) is 0 Å². The standard InChI is InChI=1S/C20H13ClF5N3O2S/c21-15-4-1-11(20(24,25)26)5-10(15)6-13-8-28-19(32-13)29-17(30)9-27-18(31)14-3-2-12(22)7-16(14)23/h1-5,7-8H,6,9H2,(H,27,31)(H,28,29,30). The summed E-state index contributed by atoms with van der Waals surface area (Å²) in [7, 11) is 0. The fourth-order valence-corrected chi connectivity index (χ4v) is 3.65. The number of carbonyl (C=O) groups excluding carboxylic acids is 2. The summed E-state index contributed by atoms with van der Waals surface area (Å²) in [4.78, 5) is 28.4. The van der Waals surface area contributed by atoms with Gasteiger partial charge in [0.2, 0.25) is 5.91 Å². The number of alkyl halides is 3. The molecule has 0 aliphatic carbocycles. The first-order chi connectivity index (χ1) is 15.0. The monoisotopic (exact) mass is 489 g/mol. The zero-order valence-corrected chi connectivity index (χ0v) is 17.5. The van der Waals surface area contributed by atoms with Crippen LogP contribution in [0.15, 0.2) is 42.6 Å². The first-order valence-electron chi connectivity index (χ1n) is 8.86. The van der Waals surface area contributed by atoms with Gasteiger partial charge in [-0.05, 0) is 35.9 Å². The lowest BCUT2D eigenvalue weighted by Gasteiger charge is -2.09. The molecule has 0 aliphatic heterocycles. The number of benzene rings is 2. The molecule has 0 saturated carbocycles. The fraction of sp³-hybridized carbons (Fsp3) is 0.150. The maximum Gasteiger partial charge on any atom is 0.416 e. The van der Waals surface area contributed by atoms with Crippen LogP contribution in [0.4, 0.5) is 27.1 Å². The zero-order valence-electron chi connectivity index (χ0n) is 15.9. The Hall–Kier alpha value is -3.05. The van der Waals surface area contributed by atoms with Gasteiger partial charge in [0, 0.05) is 28.6 Å². The van der Waals surface area contributed by atoms with Gasteiger partial charge >= 0.3 is 6.18 Å². The molecule has 0 radical (unpaired) electrons. The molecule has 3 rings (SSSR count). The molecule has 1 heterocycles. The molecule has 0 spiro atoms. The molecule has 32 heavy (non-hydrogen) atoms. The molecule has 0 aliphatic rings. The Labute approximate surface area is 187 Å². The summed E-state index contributed by atoms with van der Waals surface area (Å²) in [5, 5.41) is 4.92. The maximum atomic E-state index is 13.6. The average Bonchev–Trinajstić information content (AvgIpc) is 3.13. The van der Waals surface area contributed by atoms with Gasteiger partial charge in [0.25, 0.3) is 5.91 Å². The lowest BCUT2D eigenvalue weighted by atomic mass is 10.1. The highest BCUT2D eigenvalue weighted by molar-refractivity contribution is 7.15. The topological polar surface area (TPSA) is 71.1 Å². The number of nitrogens with one attached hydrogen (secondary N) is 2. The second-order valence-corrected chi connectivity index (χ2v) is 7.99. The first kappa shape index (κ1) is 23.6. The van der Waals surface area contributed by atoms with Crippen LogP contribution in [0.5, 0.6) is 0 Å². The van der Waals surface area contributed by atoms with Crippen molar-refractivity contribution in [1.29, 1.82) is 0 Å². The minimum absolute atomic E-state index is 0.0663. The third kappa shape index (κ3) is 6.01. The van der Waals surface area contributed by atoms with Crippen LogP contribution >= 0.6 is 22.9 Å². The molecule has 2 aromatic carbocycles. The average molecular weight is 490 g/mol. The number of thiazole rings is 1. The Kier molecular flexibility index (Phi) is 7.09. The van der Waals surface area contributed by atoms with Crippen molar-refractivity contribution in [1.82, 2.24) is 10.3 Å². The van der Waals surface area contributed by atoms with Gasteiger partial charge in [0.15, 0.2) is 5.13 Å². The molecule has 1 aromatic heterocycles. The van der Waals surface area contributed by atoms with E-state index in [9.17, 15) is 31.5 Å². The van der Waals surface area contributed by atoms with Crippen LogP contribution in [0, 0.1) is 11.6 Å². The van der Waals surface area contributed by atoms with Gasteiger partial charge in [0.1, 0.15) is 11.6 Å². The van der Waals surface area contributed by atoms with Crippen molar-refractivity contribution < 1.29 is 31.5 Å². The van der Waals surface area contributed by atoms with E-state index < -0.39 is 47.3 Å². The van der Waals surface area contributed by atoms with Gasteiger partial charge in [-0.25, -0.2) is 13.8 Å². The van der Waals surface area contributed by atoms with Crippen molar-refractivity contribution in [2.24, 2.45) is 0 Å². The third-order valence-corrected chi connectivity index (χ3v) is 5.40. The summed E-state index contributed by atoms with van der Waals surface area (Å²) >= 11 is 7.00. The maximum absolute atomic E-state index is 13.6. The number of hydrogen-bond donors (Lipinski definition) is 2. The van der Waals surface area contributed by atoms with Crippen LogP contribution < -0.4 is 10.6 Å². The van der Waals surface area contributed by atoms with E-state index in [-0.39, 0.29) is 22.1 Å². The number of hydrogen-bond acceptors (Lipinski definition) is 4. The normalized spacial score (nSPS) is 11.3. The molecule has 0 bridgehead atoms. The number of amides is 2. The Bertz CT molecular complexity index is 1170. The van der Waals surface area contributed by atoms with Crippen LogP contribution in [0.2, 0.25) is 5.02 Å². The molecule has 0 atom stereocenters. The van der Waals surface area contributed by atoms with Gasteiger partial charge in [-0.15, -0.1) is 11.3 Å². The van der Waals surface area contributed by atoms with Gasteiger partial charge in [-0.3, -0.25) is 9.59 Å². The van der Waals surface area contributed by atoms with Crippen LogP contribution in [-0.4, -0.2) is 23.3 Å². The minimum atomic E-state index is -4.51. The Balaban J connectivity index is 1.58. The van der Waals surface area contributed by atoms with Crippen LogP contribution in [-0.2, 0) is 17.4 Å². The molecule has 3 aromatic rings. The number of halogens is 6. The lowest BCUT2D eigenvalue weighted by Crippen LogP contribution is -2.33. The van der Waals surface area contributed by atoms with Crippen molar-refractivity contribution in [3.63, 3.8) is 0 Å². The molecule has 168 valence electrons. The second kappa shape index (κ2) is 9.61. The van der Waals surface area contributed by atoms with Gasteiger partial charge in [-0.2, -0.15) is 13.2 Å². The van der Waals surface area contributed by atoms with E-state index >= 15 is 0 Å². The predicted octanol–water partition coefficient (Wildman–Crippen LogP) is 5.05. The summed E-state index contributed by atoms with van der Waals surface area (Å²) in [5.74, 6) is -3.49. The highest BCUT2D eigenvalue weighted by Gasteiger charge is 2.31. The Morgan fingerprint density at radius 2 is 1.84 bits per heavy atom. The van der Waals surface area contributed by atoms with E-state index in [4.69, 9.17) is 11.6 Å². The number of rotatable bonds is 6. The highest BCUT2D eigenvalue weighted by atomic mass is 35.5. The van der Waals surface area contributed by atoms with Gasteiger partial charge in [-0.1, -0.05) is 11.6 Å². The smallest absolute Gasteiger partial charge is 0.343 e. The summed E-state index contributed by atoms with van der Waals surface area (Å²) in [6.45, 7) is -0.510.